The smallest absolute Gasteiger partial charge is 0.272 e. The van der Waals surface area contributed by atoms with Crippen molar-refractivity contribution in [3.63, 3.8) is 0 Å². The Labute approximate surface area is 260 Å². The second-order valence-electron chi connectivity index (χ2n) is 10.0. The minimum absolute atomic E-state index is 0.0867. The van der Waals surface area contributed by atoms with Crippen LogP contribution >= 0.6 is 11.8 Å². The maximum absolute atomic E-state index is 13.4. The number of nitrogens with zero attached hydrogens (tertiary/aromatic N) is 1. The van der Waals surface area contributed by atoms with E-state index in [-0.39, 0.29) is 23.9 Å². The number of nitrogens with one attached hydrogen (secondary N) is 2. The maximum atomic E-state index is 13.4. The molecule has 44 heavy (non-hydrogen) atoms. The van der Waals surface area contributed by atoms with Gasteiger partial charge in [-0.25, -0.2) is 4.90 Å². The lowest BCUT2D eigenvalue weighted by Crippen LogP contribution is -2.31. The quantitative estimate of drug-likeness (QED) is 0.164. The number of benzene rings is 4. The number of carbonyl (C=O) groups is 4. The summed E-state index contributed by atoms with van der Waals surface area (Å²) in [7, 11) is 0. The fraction of sp³-hybridized carbons (Fsp3) is 0.143. The van der Waals surface area contributed by atoms with Crippen molar-refractivity contribution in [2.45, 2.75) is 30.4 Å². The van der Waals surface area contributed by atoms with Crippen LogP contribution in [0.15, 0.2) is 114 Å². The summed E-state index contributed by atoms with van der Waals surface area (Å²) in [6.45, 7) is 4.34. The Morgan fingerprint density at radius 3 is 2.27 bits per heavy atom. The molecule has 4 aromatic carbocycles. The van der Waals surface area contributed by atoms with Crippen molar-refractivity contribution in [2.75, 3.05) is 16.8 Å². The molecule has 0 spiro atoms. The van der Waals surface area contributed by atoms with Crippen LogP contribution in [0.2, 0.25) is 0 Å². The molecule has 5 rings (SSSR count). The van der Waals surface area contributed by atoms with E-state index >= 15 is 0 Å². The summed E-state index contributed by atoms with van der Waals surface area (Å²) >= 11 is 1.30. The van der Waals surface area contributed by atoms with Crippen molar-refractivity contribution in [1.29, 1.82) is 0 Å². The van der Waals surface area contributed by atoms with Gasteiger partial charge in [0.2, 0.25) is 11.8 Å². The Hall–Kier alpha value is -5.15. The number of hydrogen-bond donors (Lipinski definition) is 2. The predicted octanol–water partition coefficient (Wildman–Crippen LogP) is 6.23. The van der Waals surface area contributed by atoms with Crippen LogP contribution in [0.1, 0.15) is 34.8 Å². The Morgan fingerprint density at radius 2 is 1.59 bits per heavy atom. The van der Waals surface area contributed by atoms with E-state index in [1.54, 1.807) is 78.9 Å². The molecule has 1 aliphatic heterocycles. The molecule has 0 aromatic heterocycles. The first kappa shape index (κ1) is 30.3. The summed E-state index contributed by atoms with van der Waals surface area (Å²) in [5, 5.41) is 5.03. The van der Waals surface area contributed by atoms with Gasteiger partial charge in [-0.3, -0.25) is 19.2 Å². The molecule has 0 bridgehead atoms. The van der Waals surface area contributed by atoms with Crippen LogP contribution < -0.4 is 20.3 Å². The number of thioether (sulfide) groups is 1. The molecule has 222 valence electrons. The Kier molecular flexibility index (Phi) is 9.56. The largest absolute Gasteiger partial charge is 0.494 e. The van der Waals surface area contributed by atoms with E-state index < -0.39 is 17.1 Å². The molecular formula is C35H31N3O5S. The van der Waals surface area contributed by atoms with Gasteiger partial charge in [-0.1, -0.05) is 42.5 Å². The Bertz CT molecular complexity index is 1700. The molecule has 4 amide bonds. The van der Waals surface area contributed by atoms with Gasteiger partial charge in [0.05, 0.1) is 17.5 Å². The molecule has 0 radical (unpaired) electrons. The number of aryl methyl sites for hydroxylation is 1. The highest BCUT2D eigenvalue weighted by Crippen LogP contribution is 2.35. The first-order valence-corrected chi connectivity index (χ1v) is 15.0. The lowest BCUT2D eigenvalue weighted by Gasteiger charge is -2.15. The molecule has 1 atom stereocenters. The lowest BCUT2D eigenvalue weighted by molar-refractivity contribution is -0.121. The van der Waals surface area contributed by atoms with Gasteiger partial charge in [-0.05, 0) is 91.7 Å². The number of ether oxygens (including phenoxy) is 1. The molecule has 1 fully saturated rings. The maximum Gasteiger partial charge on any atom is 0.272 e. The van der Waals surface area contributed by atoms with E-state index in [1.807, 2.05) is 44.2 Å². The van der Waals surface area contributed by atoms with Crippen LogP contribution in [-0.4, -0.2) is 35.5 Å². The van der Waals surface area contributed by atoms with Gasteiger partial charge in [-0.15, -0.1) is 11.8 Å². The van der Waals surface area contributed by atoms with Crippen LogP contribution in [-0.2, 0) is 14.4 Å². The normalized spacial score (nSPS) is 14.8. The lowest BCUT2D eigenvalue weighted by atomic mass is 10.1. The summed E-state index contributed by atoms with van der Waals surface area (Å²) in [6.07, 6.45) is 1.73. The third kappa shape index (κ3) is 7.25. The predicted molar refractivity (Wildman–Crippen MR) is 173 cm³/mol. The monoisotopic (exact) mass is 605 g/mol. The molecule has 1 saturated heterocycles. The van der Waals surface area contributed by atoms with Gasteiger partial charge in [0.25, 0.3) is 11.8 Å². The molecule has 2 N–H and O–H groups in total. The van der Waals surface area contributed by atoms with E-state index in [0.717, 1.165) is 16.0 Å². The number of rotatable bonds is 10. The number of amides is 4. The highest BCUT2D eigenvalue weighted by atomic mass is 32.2. The number of imide groups is 1. The van der Waals surface area contributed by atoms with Gasteiger partial charge in [0, 0.05) is 22.6 Å². The Morgan fingerprint density at radius 1 is 0.909 bits per heavy atom. The fourth-order valence-electron chi connectivity index (χ4n) is 4.65. The van der Waals surface area contributed by atoms with Gasteiger partial charge >= 0.3 is 0 Å². The summed E-state index contributed by atoms with van der Waals surface area (Å²) in [5.74, 6) is -0.750. The molecule has 0 saturated carbocycles. The van der Waals surface area contributed by atoms with Crippen molar-refractivity contribution in [3.8, 4) is 5.75 Å². The SMILES string of the molecule is CCOc1ccc(N2C(=O)CC(Sc3ccc(NC(=O)/C(=C/c4ccccc4C)NC(=O)c4ccccc4)cc3)C2=O)cc1. The molecule has 8 nitrogen and oxygen atoms in total. The molecule has 4 aromatic rings. The molecule has 1 unspecified atom stereocenters. The van der Waals surface area contributed by atoms with E-state index in [9.17, 15) is 19.2 Å². The molecule has 1 aliphatic rings. The topological polar surface area (TPSA) is 105 Å². The van der Waals surface area contributed by atoms with E-state index in [0.29, 0.717) is 29.3 Å². The van der Waals surface area contributed by atoms with Crippen molar-refractivity contribution in [1.82, 2.24) is 5.32 Å². The summed E-state index contributed by atoms with van der Waals surface area (Å²) in [5.41, 5.74) is 3.30. The highest BCUT2D eigenvalue weighted by Gasteiger charge is 2.40. The van der Waals surface area contributed by atoms with Crippen molar-refractivity contribution in [3.05, 3.63) is 126 Å². The van der Waals surface area contributed by atoms with Gasteiger partial charge in [0.1, 0.15) is 11.4 Å². The van der Waals surface area contributed by atoms with E-state index in [1.165, 1.54) is 16.7 Å². The van der Waals surface area contributed by atoms with Gasteiger partial charge in [0.15, 0.2) is 0 Å². The number of anilines is 2. The van der Waals surface area contributed by atoms with Gasteiger partial charge < -0.3 is 15.4 Å². The third-order valence-electron chi connectivity index (χ3n) is 6.92. The molecular weight excluding hydrogens is 574 g/mol. The minimum atomic E-state index is -0.564. The number of hydrogen-bond acceptors (Lipinski definition) is 6. The summed E-state index contributed by atoms with van der Waals surface area (Å²) in [6, 6.07) is 30.1. The van der Waals surface area contributed by atoms with Gasteiger partial charge in [-0.2, -0.15) is 0 Å². The third-order valence-corrected chi connectivity index (χ3v) is 8.12. The van der Waals surface area contributed by atoms with Crippen LogP contribution in [0.3, 0.4) is 0 Å². The van der Waals surface area contributed by atoms with Crippen LogP contribution in [0.5, 0.6) is 5.75 Å². The average molecular weight is 606 g/mol. The van der Waals surface area contributed by atoms with Crippen molar-refractivity contribution < 1.29 is 23.9 Å². The Balaban J connectivity index is 1.26. The molecule has 1 heterocycles. The number of carbonyl (C=O) groups excluding carboxylic acids is 4. The fourth-order valence-corrected chi connectivity index (χ4v) is 5.71. The zero-order chi connectivity index (χ0) is 31.1. The van der Waals surface area contributed by atoms with E-state index in [2.05, 4.69) is 10.6 Å². The van der Waals surface area contributed by atoms with Crippen molar-refractivity contribution >= 4 is 52.8 Å². The summed E-state index contributed by atoms with van der Waals surface area (Å²) in [4.78, 5) is 54.1. The second-order valence-corrected chi connectivity index (χ2v) is 11.3. The van der Waals surface area contributed by atoms with E-state index in [4.69, 9.17) is 4.74 Å². The van der Waals surface area contributed by atoms with Crippen LogP contribution in [0, 0.1) is 6.92 Å². The average Bonchev–Trinajstić information content (AvgIpc) is 3.31. The zero-order valence-electron chi connectivity index (χ0n) is 24.3. The second kappa shape index (κ2) is 13.9. The molecule has 0 aliphatic carbocycles. The van der Waals surface area contributed by atoms with Crippen molar-refractivity contribution in [2.24, 2.45) is 0 Å². The zero-order valence-corrected chi connectivity index (χ0v) is 25.1. The highest BCUT2D eigenvalue weighted by molar-refractivity contribution is 8.00. The standard InChI is InChI=1S/C35H31N3O5S/c1-3-43-28-17-15-27(16-18-28)38-32(39)22-31(35(38)42)44-29-19-13-26(14-20-29)36-34(41)30(21-25-12-8-7-9-23(25)2)37-33(40)24-10-5-4-6-11-24/h4-21,31H,3,22H2,1-2H3,(H,36,41)(H,37,40)/b30-21-. The minimum Gasteiger partial charge on any atom is -0.494 e. The summed E-state index contributed by atoms with van der Waals surface area (Å²) < 4.78 is 5.45. The first-order chi connectivity index (χ1) is 21.3. The van der Waals surface area contributed by atoms with Crippen LogP contribution in [0.4, 0.5) is 11.4 Å². The molecule has 9 heteroatoms. The van der Waals surface area contributed by atoms with Crippen LogP contribution in [0.25, 0.3) is 6.08 Å². The first-order valence-electron chi connectivity index (χ1n) is 14.1.